The molecule has 0 bridgehead atoms. The molecule has 3 rings (SSSR count). The molecular formula is C20H17F2N3O3. The molecule has 3 aromatic heterocycles. The summed E-state index contributed by atoms with van der Waals surface area (Å²) in [5.74, 6) is -1.59. The standard InChI is InChI=1S/C20H17F2N3O3/c1-11-8-23-17(13(3)26)7-19(11)25-12(2)4-15(6-20(25)27)28-10-18-16(22)5-14(21)9-24-18/h4-9,26H,3,10H2,1-2H3. The van der Waals surface area contributed by atoms with Crippen LogP contribution < -0.4 is 10.3 Å². The van der Waals surface area contributed by atoms with Gasteiger partial charge in [-0.2, -0.15) is 0 Å². The van der Waals surface area contributed by atoms with E-state index in [2.05, 4.69) is 16.5 Å². The average molecular weight is 385 g/mol. The number of nitrogens with zero attached hydrogens (tertiary/aromatic N) is 3. The van der Waals surface area contributed by atoms with Gasteiger partial charge in [0.2, 0.25) is 0 Å². The van der Waals surface area contributed by atoms with Crippen LogP contribution in [0.4, 0.5) is 8.78 Å². The van der Waals surface area contributed by atoms with Crippen molar-refractivity contribution in [2.45, 2.75) is 20.5 Å². The third-order valence-corrected chi connectivity index (χ3v) is 4.06. The van der Waals surface area contributed by atoms with Crippen molar-refractivity contribution in [2.75, 3.05) is 0 Å². The summed E-state index contributed by atoms with van der Waals surface area (Å²) in [5, 5.41) is 9.56. The van der Waals surface area contributed by atoms with Crippen LogP contribution in [0.15, 0.2) is 48.0 Å². The third-order valence-electron chi connectivity index (χ3n) is 4.06. The lowest BCUT2D eigenvalue weighted by Gasteiger charge is -2.15. The van der Waals surface area contributed by atoms with E-state index in [1.54, 1.807) is 26.0 Å². The predicted molar refractivity (Wildman–Crippen MR) is 99.5 cm³/mol. The number of aliphatic hydroxyl groups excluding tert-OH is 1. The lowest BCUT2D eigenvalue weighted by molar-refractivity contribution is 0.292. The highest BCUT2D eigenvalue weighted by Crippen LogP contribution is 2.20. The lowest BCUT2D eigenvalue weighted by atomic mass is 10.2. The van der Waals surface area contributed by atoms with Gasteiger partial charge in [0.1, 0.15) is 35.3 Å². The molecular weight excluding hydrogens is 368 g/mol. The Morgan fingerprint density at radius 2 is 1.93 bits per heavy atom. The highest BCUT2D eigenvalue weighted by Gasteiger charge is 2.13. The fourth-order valence-electron chi connectivity index (χ4n) is 2.68. The van der Waals surface area contributed by atoms with E-state index in [4.69, 9.17) is 4.74 Å². The number of halogens is 2. The Morgan fingerprint density at radius 1 is 1.18 bits per heavy atom. The lowest BCUT2D eigenvalue weighted by Crippen LogP contribution is -2.21. The van der Waals surface area contributed by atoms with Gasteiger partial charge in [0.15, 0.2) is 5.82 Å². The number of aromatic nitrogens is 3. The van der Waals surface area contributed by atoms with Crippen LogP contribution in [0, 0.1) is 25.5 Å². The Balaban J connectivity index is 1.92. The molecule has 0 saturated carbocycles. The van der Waals surface area contributed by atoms with E-state index in [1.165, 1.54) is 16.8 Å². The SMILES string of the molecule is C=C(O)c1cc(-n2c(C)cc(OCc3ncc(F)cc3F)cc2=O)c(C)cn1. The number of hydrogen-bond acceptors (Lipinski definition) is 5. The highest BCUT2D eigenvalue weighted by atomic mass is 19.1. The number of pyridine rings is 3. The van der Waals surface area contributed by atoms with Crippen LogP contribution in [0.3, 0.4) is 0 Å². The van der Waals surface area contributed by atoms with Crippen molar-refractivity contribution in [1.82, 2.24) is 14.5 Å². The van der Waals surface area contributed by atoms with E-state index in [9.17, 15) is 18.7 Å². The minimum Gasteiger partial charge on any atom is -0.506 e. The van der Waals surface area contributed by atoms with Crippen LogP contribution >= 0.6 is 0 Å². The van der Waals surface area contributed by atoms with E-state index in [0.29, 0.717) is 17.4 Å². The van der Waals surface area contributed by atoms with Gasteiger partial charge < -0.3 is 9.84 Å². The second-order valence-corrected chi connectivity index (χ2v) is 6.18. The minimum atomic E-state index is -0.825. The topological polar surface area (TPSA) is 77.2 Å². The number of rotatable bonds is 5. The first-order valence-electron chi connectivity index (χ1n) is 8.28. The van der Waals surface area contributed by atoms with Crippen molar-refractivity contribution in [1.29, 1.82) is 0 Å². The molecule has 1 N–H and O–H groups in total. The van der Waals surface area contributed by atoms with Gasteiger partial charge in [0.05, 0.1) is 11.9 Å². The molecule has 144 valence electrons. The first kappa shape index (κ1) is 19.2. The fraction of sp³-hybridized carbons (Fsp3) is 0.150. The molecule has 3 heterocycles. The number of ether oxygens (including phenoxy) is 1. The van der Waals surface area contributed by atoms with E-state index in [-0.39, 0.29) is 35.1 Å². The Kier molecular flexibility index (Phi) is 5.21. The zero-order valence-electron chi connectivity index (χ0n) is 15.2. The maximum atomic E-state index is 13.7. The number of aryl methyl sites for hydroxylation is 2. The molecule has 0 spiro atoms. The molecule has 0 atom stereocenters. The van der Waals surface area contributed by atoms with E-state index in [0.717, 1.165) is 11.8 Å². The quantitative estimate of drug-likeness (QED) is 0.679. The van der Waals surface area contributed by atoms with E-state index >= 15 is 0 Å². The Bertz CT molecular complexity index is 1130. The van der Waals surface area contributed by atoms with E-state index < -0.39 is 11.6 Å². The van der Waals surface area contributed by atoms with Gasteiger partial charge in [0, 0.05) is 30.1 Å². The largest absolute Gasteiger partial charge is 0.506 e. The Morgan fingerprint density at radius 3 is 2.57 bits per heavy atom. The fourth-order valence-corrected chi connectivity index (χ4v) is 2.68. The van der Waals surface area contributed by atoms with Crippen molar-refractivity contribution in [3.05, 3.63) is 87.9 Å². The van der Waals surface area contributed by atoms with Crippen molar-refractivity contribution in [2.24, 2.45) is 0 Å². The maximum Gasteiger partial charge on any atom is 0.259 e. The summed E-state index contributed by atoms with van der Waals surface area (Å²) in [6.45, 7) is 6.68. The Hall–Kier alpha value is -3.55. The summed E-state index contributed by atoms with van der Waals surface area (Å²) >= 11 is 0. The summed E-state index contributed by atoms with van der Waals surface area (Å²) in [6, 6.07) is 5.13. The molecule has 0 saturated heterocycles. The zero-order valence-corrected chi connectivity index (χ0v) is 15.2. The summed E-state index contributed by atoms with van der Waals surface area (Å²) in [5.41, 5.74) is 1.62. The molecule has 0 fully saturated rings. The van der Waals surface area contributed by atoms with Crippen molar-refractivity contribution < 1.29 is 18.6 Å². The Labute approximate surface area is 159 Å². The maximum absolute atomic E-state index is 13.7. The van der Waals surface area contributed by atoms with Gasteiger partial charge in [-0.1, -0.05) is 6.58 Å². The zero-order chi connectivity index (χ0) is 20.4. The smallest absolute Gasteiger partial charge is 0.259 e. The molecule has 0 unspecified atom stereocenters. The second-order valence-electron chi connectivity index (χ2n) is 6.18. The number of aliphatic hydroxyl groups is 1. The van der Waals surface area contributed by atoms with E-state index in [1.807, 2.05) is 0 Å². The summed E-state index contributed by atoms with van der Waals surface area (Å²) in [6.07, 6.45) is 2.43. The van der Waals surface area contributed by atoms with Gasteiger partial charge >= 0.3 is 0 Å². The molecule has 0 aliphatic carbocycles. The van der Waals surface area contributed by atoms with Crippen LogP contribution in [-0.2, 0) is 6.61 Å². The molecule has 3 aromatic rings. The molecule has 0 aliphatic rings. The van der Waals surface area contributed by atoms with Crippen molar-refractivity contribution in [3.63, 3.8) is 0 Å². The normalized spacial score (nSPS) is 10.7. The monoisotopic (exact) mass is 385 g/mol. The van der Waals surface area contributed by atoms with Gasteiger partial charge in [-0.05, 0) is 25.5 Å². The van der Waals surface area contributed by atoms with Gasteiger partial charge in [-0.15, -0.1) is 0 Å². The molecule has 8 heteroatoms. The van der Waals surface area contributed by atoms with Crippen LogP contribution in [-0.4, -0.2) is 19.6 Å². The van der Waals surface area contributed by atoms with Crippen LogP contribution in [0.2, 0.25) is 0 Å². The predicted octanol–water partition coefficient (Wildman–Crippen LogP) is 3.63. The van der Waals surface area contributed by atoms with Crippen LogP contribution in [0.5, 0.6) is 5.75 Å². The molecule has 0 aliphatic heterocycles. The minimum absolute atomic E-state index is 0.0701. The summed E-state index contributed by atoms with van der Waals surface area (Å²) < 4.78 is 33.5. The van der Waals surface area contributed by atoms with Crippen LogP contribution in [0.1, 0.15) is 22.6 Å². The van der Waals surface area contributed by atoms with Gasteiger partial charge in [-0.3, -0.25) is 19.3 Å². The van der Waals surface area contributed by atoms with Gasteiger partial charge in [-0.25, -0.2) is 8.78 Å². The van der Waals surface area contributed by atoms with Gasteiger partial charge in [0.25, 0.3) is 5.56 Å². The third kappa shape index (κ3) is 3.90. The molecule has 0 amide bonds. The molecule has 28 heavy (non-hydrogen) atoms. The average Bonchev–Trinajstić information content (AvgIpc) is 2.61. The van der Waals surface area contributed by atoms with Crippen molar-refractivity contribution >= 4 is 5.76 Å². The second kappa shape index (κ2) is 7.59. The first-order chi connectivity index (χ1) is 13.3. The first-order valence-corrected chi connectivity index (χ1v) is 8.28. The summed E-state index contributed by atoms with van der Waals surface area (Å²) in [7, 11) is 0. The van der Waals surface area contributed by atoms with Crippen LogP contribution in [0.25, 0.3) is 11.4 Å². The molecule has 6 nitrogen and oxygen atoms in total. The molecule has 0 aromatic carbocycles. The van der Waals surface area contributed by atoms with Crippen molar-refractivity contribution in [3.8, 4) is 11.4 Å². The molecule has 0 radical (unpaired) electrons. The highest BCUT2D eigenvalue weighted by molar-refractivity contribution is 5.56. The summed E-state index contributed by atoms with van der Waals surface area (Å²) in [4.78, 5) is 20.4. The number of hydrogen-bond donors (Lipinski definition) is 1.